The van der Waals surface area contributed by atoms with Gasteiger partial charge in [-0.3, -0.25) is 4.79 Å². The summed E-state index contributed by atoms with van der Waals surface area (Å²) in [5.74, 6) is 2.48. The van der Waals surface area contributed by atoms with Gasteiger partial charge in [0.2, 0.25) is 11.8 Å². The van der Waals surface area contributed by atoms with Gasteiger partial charge < -0.3 is 20.1 Å². The molecule has 142 valence electrons. The molecule has 2 N–H and O–H groups in total. The third kappa shape index (κ3) is 4.57. The minimum Gasteiger partial charge on any atom is -0.497 e. The van der Waals surface area contributed by atoms with Crippen molar-refractivity contribution in [2.24, 2.45) is 5.92 Å². The average molecular weight is 367 g/mol. The Morgan fingerprint density at radius 3 is 2.44 bits per heavy atom. The Morgan fingerprint density at radius 1 is 1.11 bits per heavy atom. The van der Waals surface area contributed by atoms with Gasteiger partial charge in [0.05, 0.1) is 19.0 Å². The van der Waals surface area contributed by atoms with Crippen molar-refractivity contribution in [3.63, 3.8) is 0 Å². The number of pyridine rings is 1. The number of carbonyl (C=O) groups excluding carboxylic acids is 1. The van der Waals surface area contributed by atoms with Crippen LogP contribution < -0.4 is 20.1 Å². The fraction of sp³-hybridized carbons (Fsp3) is 0.429. The third-order valence-electron chi connectivity index (χ3n) is 5.35. The van der Waals surface area contributed by atoms with Crippen LogP contribution in [0.15, 0.2) is 42.6 Å². The molecule has 0 saturated carbocycles. The highest BCUT2D eigenvalue weighted by Crippen LogP contribution is 2.32. The van der Waals surface area contributed by atoms with Crippen LogP contribution in [0.5, 0.6) is 17.4 Å². The smallest absolute Gasteiger partial charge is 0.224 e. The minimum absolute atomic E-state index is 0.0620. The summed E-state index contributed by atoms with van der Waals surface area (Å²) in [5, 5.41) is 6.56. The zero-order valence-corrected chi connectivity index (χ0v) is 15.5. The standard InChI is InChI=1S/C21H25N3O3/c1-26-18-5-7-19(8-6-18)27-21-9-4-17(13-22-21)24-20(25)12-14-10-15-2-3-16(11-14)23-15/h4-9,13-16,23H,2-3,10-12H2,1H3,(H,24,25). The molecule has 1 amide bonds. The largest absolute Gasteiger partial charge is 0.497 e. The normalized spacial score (nSPS) is 23.7. The van der Waals surface area contributed by atoms with E-state index in [0.29, 0.717) is 41.7 Å². The average Bonchev–Trinajstić information content (AvgIpc) is 3.02. The van der Waals surface area contributed by atoms with Crippen LogP contribution in [0.1, 0.15) is 32.1 Å². The molecule has 0 spiro atoms. The fourth-order valence-corrected chi connectivity index (χ4v) is 4.10. The molecule has 1 aromatic carbocycles. The molecule has 4 rings (SSSR count). The maximum Gasteiger partial charge on any atom is 0.224 e. The highest BCUT2D eigenvalue weighted by molar-refractivity contribution is 5.90. The van der Waals surface area contributed by atoms with Crippen LogP contribution in [0.2, 0.25) is 0 Å². The van der Waals surface area contributed by atoms with E-state index in [1.807, 2.05) is 30.3 Å². The Morgan fingerprint density at radius 2 is 1.81 bits per heavy atom. The topological polar surface area (TPSA) is 72.5 Å². The van der Waals surface area contributed by atoms with Crippen molar-refractivity contribution in [2.45, 2.75) is 44.2 Å². The molecule has 27 heavy (non-hydrogen) atoms. The number of rotatable bonds is 6. The van der Waals surface area contributed by atoms with Crippen LogP contribution in [0.3, 0.4) is 0 Å². The number of carbonyl (C=O) groups is 1. The molecular formula is C21H25N3O3. The summed E-state index contributed by atoms with van der Waals surface area (Å²) in [5.41, 5.74) is 0.694. The lowest BCUT2D eigenvalue weighted by Crippen LogP contribution is -2.39. The number of hydrogen-bond acceptors (Lipinski definition) is 5. The third-order valence-corrected chi connectivity index (χ3v) is 5.35. The molecule has 2 aliphatic heterocycles. The summed E-state index contributed by atoms with van der Waals surface area (Å²) in [7, 11) is 1.62. The van der Waals surface area contributed by atoms with Crippen molar-refractivity contribution in [1.29, 1.82) is 0 Å². The Hall–Kier alpha value is -2.60. The summed E-state index contributed by atoms with van der Waals surface area (Å²) in [6, 6.07) is 12.1. The number of piperidine rings is 1. The van der Waals surface area contributed by atoms with Gasteiger partial charge >= 0.3 is 0 Å². The molecule has 6 nitrogen and oxygen atoms in total. The van der Waals surface area contributed by atoms with Crippen LogP contribution in [-0.4, -0.2) is 30.1 Å². The van der Waals surface area contributed by atoms with Crippen molar-refractivity contribution in [2.75, 3.05) is 12.4 Å². The molecule has 6 heteroatoms. The Labute approximate surface area is 159 Å². The molecule has 2 saturated heterocycles. The summed E-state index contributed by atoms with van der Waals surface area (Å²) in [6.07, 6.45) is 6.93. The minimum atomic E-state index is 0.0620. The van der Waals surface area contributed by atoms with Gasteiger partial charge in [0.25, 0.3) is 0 Å². The first-order valence-corrected chi connectivity index (χ1v) is 9.52. The van der Waals surface area contributed by atoms with Gasteiger partial charge in [-0.1, -0.05) is 0 Å². The monoisotopic (exact) mass is 367 g/mol. The zero-order chi connectivity index (χ0) is 18.6. The van der Waals surface area contributed by atoms with Crippen LogP contribution in [0, 0.1) is 5.92 Å². The van der Waals surface area contributed by atoms with Crippen molar-refractivity contribution in [1.82, 2.24) is 10.3 Å². The van der Waals surface area contributed by atoms with Crippen molar-refractivity contribution >= 4 is 11.6 Å². The molecule has 2 unspecified atom stereocenters. The van der Waals surface area contributed by atoms with Gasteiger partial charge in [-0.15, -0.1) is 0 Å². The number of methoxy groups -OCH3 is 1. The number of benzene rings is 1. The molecule has 2 aromatic rings. The quantitative estimate of drug-likeness (QED) is 0.814. The number of nitrogens with zero attached hydrogens (tertiary/aromatic N) is 1. The van der Waals surface area contributed by atoms with Crippen molar-refractivity contribution in [3.8, 4) is 17.4 Å². The van der Waals surface area contributed by atoms with E-state index < -0.39 is 0 Å². The summed E-state index contributed by atoms with van der Waals surface area (Å²) >= 11 is 0. The maximum atomic E-state index is 12.3. The number of aromatic nitrogens is 1. The number of amides is 1. The van der Waals surface area contributed by atoms with Gasteiger partial charge in [0.1, 0.15) is 11.5 Å². The SMILES string of the molecule is COc1ccc(Oc2ccc(NC(=O)CC3CC4CCC(C3)N4)cn2)cc1. The Balaban J connectivity index is 1.28. The molecule has 0 radical (unpaired) electrons. The predicted molar refractivity (Wildman–Crippen MR) is 103 cm³/mol. The van der Waals surface area contributed by atoms with E-state index in [9.17, 15) is 4.79 Å². The fourth-order valence-electron chi connectivity index (χ4n) is 4.10. The van der Waals surface area contributed by atoms with Crippen molar-refractivity contribution < 1.29 is 14.3 Å². The highest BCUT2D eigenvalue weighted by Gasteiger charge is 2.34. The maximum absolute atomic E-state index is 12.3. The van der Waals surface area contributed by atoms with E-state index >= 15 is 0 Å². The van der Waals surface area contributed by atoms with Crippen LogP contribution >= 0.6 is 0 Å². The summed E-state index contributed by atoms with van der Waals surface area (Å²) < 4.78 is 10.8. The molecular weight excluding hydrogens is 342 g/mol. The van der Waals surface area contributed by atoms with E-state index in [0.717, 1.165) is 18.6 Å². The van der Waals surface area contributed by atoms with E-state index in [1.54, 1.807) is 19.4 Å². The second kappa shape index (κ2) is 7.96. The molecule has 1 aromatic heterocycles. The Kier molecular flexibility index (Phi) is 5.25. The molecule has 2 atom stereocenters. The second-order valence-corrected chi connectivity index (χ2v) is 7.39. The van der Waals surface area contributed by atoms with Gasteiger partial charge in [-0.05, 0) is 61.9 Å². The molecule has 2 aliphatic rings. The lowest BCUT2D eigenvalue weighted by atomic mass is 9.89. The van der Waals surface area contributed by atoms with Gasteiger partial charge in [0, 0.05) is 24.6 Å². The van der Waals surface area contributed by atoms with E-state index in [4.69, 9.17) is 9.47 Å². The first-order chi connectivity index (χ1) is 13.2. The van der Waals surface area contributed by atoms with Crippen LogP contribution in [0.25, 0.3) is 0 Å². The molecule has 2 bridgehead atoms. The van der Waals surface area contributed by atoms with E-state index in [2.05, 4.69) is 15.6 Å². The molecule has 2 fully saturated rings. The summed E-state index contributed by atoms with van der Waals surface area (Å²) in [4.78, 5) is 16.6. The number of hydrogen-bond donors (Lipinski definition) is 2. The van der Waals surface area contributed by atoms with Gasteiger partial charge in [-0.2, -0.15) is 0 Å². The van der Waals surface area contributed by atoms with E-state index in [1.165, 1.54) is 12.8 Å². The van der Waals surface area contributed by atoms with Crippen LogP contribution in [0.4, 0.5) is 5.69 Å². The lowest BCUT2D eigenvalue weighted by Gasteiger charge is -2.28. The Bertz CT molecular complexity index is 764. The number of anilines is 1. The van der Waals surface area contributed by atoms with E-state index in [-0.39, 0.29) is 5.91 Å². The van der Waals surface area contributed by atoms with Crippen LogP contribution in [-0.2, 0) is 4.79 Å². The number of fused-ring (bicyclic) bond motifs is 2. The first-order valence-electron chi connectivity index (χ1n) is 9.52. The molecule has 3 heterocycles. The first kappa shape index (κ1) is 17.8. The number of ether oxygens (including phenoxy) is 2. The molecule has 0 aliphatic carbocycles. The predicted octanol–water partition coefficient (Wildman–Crippen LogP) is 3.74. The van der Waals surface area contributed by atoms with Crippen molar-refractivity contribution in [3.05, 3.63) is 42.6 Å². The van der Waals surface area contributed by atoms with Gasteiger partial charge in [0.15, 0.2) is 0 Å². The summed E-state index contributed by atoms with van der Waals surface area (Å²) in [6.45, 7) is 0. The van der Waals surface area contributed by atoms with Gasteiger partial charge in [-0.25, -0.2) is 4.98 Å². The zero-order valence-electron chi connectivity index (χ0n) is 15.5. The highest BCUT2D eigenvalue weighted by atomic mass is 16.5. The second-order valence-electron chi connectivity index (χ2n) is 7.39. The number of nitrogens with one attached hydrogen (secondary N) is 2. The lowest BCUT2D eigenvalue weighted by molar-refractivity contribution is -0.117.